The first kappa shape index (κ1) is 18.6. The van der Waals surface area contributed by atoms with Crippen LogP contribution in [0.15, 0.2) is 53.0 Å². The van der Waals surface area contributed by atoms with E-state index in [-0.39, 0.29) is 17.9 Å². The molecule has 0 saturated carbocycles. The number of hydrogen-bond donors (Lipinski definition) is 1. The molecule has 0 spiro atoms. The van der Waals surface area contributed by atoms with Crippen molar-refractivity contribution in [2.75, 3.05) is 23.9 Å². The average Bonchev–Trinajstić information content (AvgIpc) is 3.03. The predicted molar refractivity (Wildman–Crippen MR) is 105 cm³/mol. The number of rotatable bonds is 5. The molecule has 2 aromatic carbocycles. The molecule has 1 saturated heterocycles. The molecule has 2 atom stereocenters. The summed E-state index contributed by atoms with van der Waals surface area (Å²) in [7, 11) is 1.64. The highest BCUT2D eigenvalue weighted by Gasteiger charge is 2.38. The number of methoxy groups -OCH3 is 1. The molecule has 1 fully saturated rings. The molecule has 1 heterocycles. The zero-order valence-electron chi connectivity index (χ0n) is 14.7. The molecule has 6 heteroatoms. The fraction of sp³-hybridized carbons (Fsp3) is 0.300. The smallest absolute Gasteiger partial charge is 0.239 e. The molecule has 0 aliphatic carbocycles. The summed E-state index contributed by atoms with van der Waals surface area (Å²) in [6.07, 6.45) is 0.436. The van der Waals surface area contributed by atoms with Crippen LogP contribution >= 0.6 is 15.9 Å². The first-order valence-corrected chi connectivity index (χ1v) is 9.30. The summed E-state index contributed by atoms with van der Waals surface area (Å²) >= 11 is 3.47. The van der Waals surface area contributed by atoms with E-state index < -0.39 is 5.92 Å². The van der Waals surface area contributed by atoms with Crippen LogP contribution in [0.4, 0.5) is 11.4 Å². The minimum atomic E-state index is -0.675. The van der Waals surface area contributed by atoms with E-state index in [1.807, 2.05) is 55.5 Å². The Balaban J connectivity index is 1.72. The molecule has 2 amide bonds. The van der Waals surface area contributed by atoms with Gasteiger partial charge in [0.2, 0.25) is 11.8 Å². The lowest BCUT2D eigenvalue weighted by molar-refractivity contribution is -0.129. The largest absolute Gasteiger partial charge is 0.377 e. The molecule has 1 N–H and O–H groups in total. The number of ether oxygens (including phenoxy) is 1. The highest BCUT2D eigenvalue weighted by atomic mass is 79.9. The second-order valence-electron chi connectivity index (χ2n) is 6.28. The maximum Gasteiger partial charge on any atom is 0.239 e. The van der Waals surface area contributed by atoms with Gasteiger partial charge < -0.3 is 15.0 Å². The second-order valence-corrected chi connectivity index (χ2v) is 7.13. The summed E-state index contributed by atoms with van der Waals surface area (Å²) in [5, 5.41) is 2.87. The maximum atomic E-state index is 12.7. The van der Waals surface area contributed by atoms with Crippen molar-refractivity contribution >= 4 is 39.1 Å². The van der Waals surface area contributed by atoms with Crippen molar-refractivity contribution in [3.8, 4) is 0 Å². The minimum Gasteiger partial charge on any atom is -0.377 e. The van der Waals surface area contributed by atoms with Crippen LogP contribution in [0.3, 0.4) is 0 Å². The summed E-state index contributed by atoms with van der Waals surface area (Å²) < 4.78 is 6.15. The summed E-state index contributed by atoms with van der Waals surface area (Å²) in [5.41, 5.74) is 2.44. The van der Waals surface area contributed by atoms with E-state index >= 15 is 0 Å². The van der Waals surface area contributed by atoms with Crippen LogP contribution in [0.25, 0.3) is 0 Å². The number of benzene rings is 2. The Morgan fingerprint density at radius 1 is 1.27 bits per heavy atom. The van der Waals surface area contributed by atoms with E-state index in [2.05, 4.69) is 21.2 Å². The number of carbonyl (C=O) groups excluding carboxylic acids is 2. The van der Waals surface area contributed by atoms with Gasteiger partial charge in [-0.2, -0.15) is 0 Å². The summed E-state index contributed by atoms with van der Waals surface area (Å²) in [6, 6.07) is 15.0. The van der Waals surface area contributed by atoms with Gasteiger partial charge in [0.15, 0.2) is 0 Å². The van der Waals surface area contributed by atoms with E-state index in [4.69, 9.17) is 4.74 Å². The van der Waals surface area contributed by atoms with Gasteiger partial charge >= 0.3 is 0 Å². The van der Waals surface area contributed by atoms with E-state index in [0.717, 1.165) is 15.7 Å². The summed E-state index contributed by atoms with van der Waals surface area (Å²) in [6.45, 7) is 2.47. The first-order chi connectivity index (χ1) is 12.5. The van der Waals surface area contributed by atoms with Crippen LogP contribution in [-0.4, -0.2) is 25.5 Å². The fourth-order valence-corrected chi connectivity index (χ4v) is 3.57. The second kappa shape index (κ2) is 8.01. The number of nitrogens with zero attached hydrogens (tertiary/aromatic N) is 1. The molecule has 2 aromatic rings. The van der Waals surface area contributed by atoms with Crippen molar-refractivity contribution in [3.05, 3.63) is 58.6 Å². The molecule has 136 valence electrons. The number of anilines is 2. The molecule has 2 unspecified atom stereocenters. The molecule has 3 rings (SSSR count). The van der Waals surface area contributed by atoms with Crippen LogP contribution in [0.1, 0.15) is 25.0 Å². The Kier molecular flexibility index (Phi) is 5.74. The van der Waals surface area contributed by atoms with Crippen LogP contribution in [0, 0.1) is 5.92 Å². The van der Waals surface area contributed by atoms with Crippen LogP contribution in [0.2, 0.25) is 0 Å². The molecule has 0 aromatic heterocycles. The average molecular weight is 417 g/mol. The Morgan fingerprint density at radius 2 is 2.04 bits per heavy atom. The number of hydrogen-bond acceptors (Lipinski definition) is 3. The Labute approximate surface area is 161 Å². The molecular weight excluding hydrogens is 396 g/mol. The number of para-hydroxylation sites is 1. The van der Waals surface area contributed by atoms with Crippen LogP contribution < -0.4 is 10.2 Å². The Bertz CT molecular complexity index is 824. The molecule has 1 aliphatic rings. The van der Waals surface area contributed by atoms with Gasteiger partial charge in [0.25, 0.3) is 0 Å². The quantitative estimate of drug-likeness (QED) is 0.744. The topological polar surface area (TPSA) is 58.6 Å². The third kappa shape index (κ3) is 3.81. The third-order valence-electron chi connectivity index (χ3n) is 4.64. The summed E-state index contributed by atoms with van der Waals surface area (Å²) in [5.74, 6) is -1.12. The van der Waals surface area contributed by atoms with E-state index in [0.29, 0.717) is 18.7 Å². The molecule has 5 nitrogen and oxygen atoms in total. The number of nitrogens with one attached hydrogen (secondary N) is 1. The van der Waals surface area contributed by atoms with Crippen molar-refractivity contribution in [1.29, 1.82) is 0 Å². The lowest BCUT2D eigenvalue weighted by atomic mass is 10.1. The summed E-state index contributed by atoms with van der Waals surface area (Å²) in [4.78, 5) is 27.0. The lowest BCUT2D eigenvalue weighted by Crippen LogP contribution is -2.33. The predicted octanol–water partition coefficient (Wildman–Crippen LogP) is 4.15. The van der Waals surface area contributed by atoms with Crippen molar-refractivity contribution in [3.63, 3.8) is 0 Å². The standard InChI is InChI=1S/C20H21BrN2O3/c1-13(26-2)14-6-5-7-15(12-14)22-19(24)16-10-11-23(20(16)25)18-9-4-3-8-17(18)21/h3-9,12-13,16H,10-11H2,1-2H3,(H,22,24). The van der Waals surface area contributed by atoms with Gasteiger partial charge in [-0.25, -0.2) is 0 Å². The van der Waals surface area contributed by atoms with Crippen LogP contribution in [-0.2, 0) is 14.3 Å². The number of halogens is 1. The highest BCUT2D eigenvalue weighted by Crippen LogP contribution is 2.32. The molecule has 1 aliphatic heterocycles. The van der Waals surface area contributed by atoms with Gasteiger partial charge in [-0.1, -0.05) is 24.3 Å². The molecule has 0 radical (unpaired) electrons. The Hall–Kier alpha value is -2.18. The highest BCUT2D eigenvalue weighted by molar-refractivity contribution is 9.10. The van der Waals surface area contributed by atoms with Crippen molar-refractivity contribution in [2.24, 2.45) is 5.92 Å². The monoisotopic (exact) mass is 416 g/mol. The van der Waals surface area contributed by atoms with Gasteiger partial charge in [0.1, 0.15) is 5.92 Å². The van der Waals surface area contributed by atoms with Gasteiger partial charge in [-0.15, -0.1) is 0 Å². The van der Waals surface area contributed by atoms with Crippen molar-refractivity contribution in [1.82, 2.24) is 0 Å². The van der Waals surface area contributed by atoms with Gasteiger partial charge in [0, 0.05) is 23.8 Å². The normalized spacial score (nSPS) is 18.0. The first-order valence-electron chi connectivity index (χ1n) is 8.50. The van der Waals surface area contributed by atoms with E-state index in [1.54, 1.807) is 12.0 Å². The van der Waals surface area contributed by atoms with Gasteiger partial charge in [-0.3, -0.25) is 9.59 Å². The Morgan fingerprint density at radius 3 is 2.77 bits per heavy atom. The number of carbonyl (C=O) groups is 2. The van der Waals surface area contributed by atoms with Gasteiger partial charge in [-0.05, 0) is 59.1 Å². The minimum absolute atomic E-state index is 0.0640. The molecule has 0 bridgehead atoms. The van der Waals surface area contributed by atoms with E-state index in [1.165, 1.54) is 0 Å². The van der Waals surface area contributed by atoms with Crippen LogP contribution in [0.5, 0.6) is 0 Å². The lowest BCUT2D eigenvalue weighted by Gasteiger charge is -2.18. The number of amides is 2. The molecular formula is C20H21BrN2O3. The van der Waals surface area contributed by atoms with Crippen molar-refractivity contribution in [2.45, 2.75) is 19.4 Å². The zero-order valence-corrected chi connectivity index (χ0v) is 16.3. The molecule has 26 heavy (non-hydrogen) atoms. The third-order valence-corrected chi connectivity index (χ3v) is 5.31. The van der Waals surface area contributed by atoms with Crippen molar-refractivity contribution < 1.29 is 14.3 Å². The maximum absolute atomic E-state index is 12.7. The zero-order chi connectivity index (χ0) is 18.7. The SMILES string of the molecule is COC(C)c1cccc(NC(=O)C2CCN(c3ccccc3Br)C2=O)c1. The van der Waals surface area contributed by atoms with Gasteiger partial charge in [0.05, 0.1) is 11.8 Å². The van der Waals surface area contributed by atoms with E-state index in [9.17, 15) is 9.59 Å². The fourth-order valence-electron chi connectivity index (χ4n) is 3.07.